The molecule has 0 aromatic carbocycles. The second kappa shape index (κ2) is 15.4. The van der Waals surface area contributed by atoms with Crippen LogP contribution in [0.2, 0.25) is 0 Å². The van der Waals surface area contributed by atoms with E-state index in [0.29, 0.717) is 36.6 Å². The van der Waals surface area contributed by atoms with Gasteiger partial charge < -0.3 is 23.8 Å². The highest BCUT2D eigenvalue weighted by Crippen LogP contribution is 2.49. The first kappa shape index (κ1) is 33.2. The summed E-state index contributed by atoms with van der Waals surface area (Å²) < 4.78 is 25.7. The molecule has 0 radical (unpaired) electrons. The lowest BCUT2D eigenvalue weighted by molar-refractivity contribution is -0.167. The van der Waals surface area contributed by atoms with Gasteiger partial charge in [0.2, 0.25) is 0 Å². The Labute approximate surface area is 262 Å². The van der Waals surface area contributed by atoms with Crippen LogP contribution in [-0.2, 0) is 23.7 Å². The lowest BCUT2D eigenvalue weighted by Gasteiger charge is -2.49. The van der Waals surface area contributed by atoms with Gasteiger partial charge in [0.25, 0.3) is 0 Å². The quantitative estimate of drug-likeness (QED) is 0.190. The third-order valence-electron chi connectivity index (χ3n) is 11.2. The van der Waals surface area contributed by atoms with Gasteiger partial charge in [-0.25, -0.2) is 0 Å². The molecule has 4 atom stereocenters. The number of esters is 1. The molecule has 4 unspecified atom stereocenters. The minimum atomic E-state index is -0.474. The molecule has 0 bridgehead atoms. The van der Waals surface area contributed by atoms with Crippen LogP contribution in [0.4, 0.5) is 0 Å². The number of piperidine rings is 1. The number of hydrogen-bond donors (Lipinski definition) is 0. The highest BCUT2D eigenvalue weighted by atomic mass is 16.5. The van der Waals surface area contributed by atoms with Crippen LogP contribution in [0.3, 0.4) is 0 Å². The van der Waals surface area contributed by atoms with E-state index in [-0.39, 0.29) is 24.3 Å². The summed E-state index contributed by atoms with van der Waals surface area (Å²) in [5.74, 6) is 1.48. The average molecular weight is 600 g/mol. The van der Waals surface area contributed by atoms with Crippen molar-refractivity contribution in [1.29, 1.82) is 0 Å². The zero-order valence-corrected chi connectivity index (χ0v) is 27.8. The molecule has 0 spiro atoms. The third kappa shape index (κ3) is 8.74. The molecule has 3 aliphatic carbocycles. The number of nitrogens with zero attached hydrogens (tertiary/aromatic N) is 1. The molecule has 0 aromatic heterocycles. The highest BCUT2D eigenvalue weighted by Gasteiger charge is 2.46. The Morgan fingerprint density at radius 3 is 2.23 bits per heavy atom. The fraction of sp³-hybridized carbons (Fsp3) is 0.865. The van der Waals surface area contributed by atoms with Crippen molar-refractivity contribution in [2.45, 2.75) is 148 Å². The lowest BCUT2D eigenvalue weighted by atomic mass is 9.67. The van der Waals surface area contributed by atoms with Crippen LogP contribution >= 0.6 is 0 Å². The van der Waals surface area contributed by atoms with Crippen molar-refractivity contribution in [3.8, 4) is 0 Å². The molecule has 0 N–H and O–H groups in total. The van der Waals surface area contributed by atoms with Crippen molar-refractivity contribution >= 4 is 5.97 Å². The van der Waals surface area contributed by atoms with Crippen LogP contribution in [0.5, 0.6) is 0 Å². The normalized spacial score (nSPS) is 36.2. The van der Waals surface area contributed by atoms with E-state index in [1.165, 1.54) is 58.0 Å². The Morgan fingerprint density at radius 2 is 1.56 bits per heavy atom. The van der Waals surface area contributed by atoms with Gasteiger partial charge in [0.15, 0.2) is 0 Å². The standard InChI is InChI=1S/C37H61NO5/c1-6-23-40-29-14-10-27(11-15-29)34-26(2)32-19-18-31(42-36(39)37(3,4)5)25-33(32)43-35(34)28-12-16-30(17-13-28)41-24-22-38-20-8-7-9-21-38/h6,27-33,35H,1,7-25H2,2-5H3. The van der Waals surface area contributed by atoms with E-state index < -0.39 is 5.41 Å². The van der Waals surface area contributed by atoms with Gasteiger partial charge in [-0.2, -0.15) is 0 Å². The van der Waals surface area contributed by atoms with Crippen LogP contribution < -0.4 is 0 Å². The van der Waals surface area contributed by atoms with Gasteiger partial charge >= 0.3 is 5.97 Å². The Bertz CT molecular complexity index is 933. The summed E-state index contributed by atoms with van der Waals surface area (Å²) >= 11 is 0. The monoisotopic (exact) mass is 599 g/mol. The Balaban J connectivity index is 1.23. The molecule has 2 heterocycles. The Hall–Kier alpha value is -1.21. The third-order valence-corrected chi connectivity index (χ3v) is 11.2. The number of ether oxygens (including phenoxy) is 4. The van der Waals surface area contributed by atoms with Crippen molar-refractivity contribution in [3.63, 3.8) is 0 Å². The molecular weight excluding hydrogens is 538 g/mol. The van der Waals surface area contributed by atoms with Crippen molar-refractivity contribution in [2.24, 2.45) is 23.2 Å². The number of carbonyl (C=O) groups excluding carboxylic acids is 1. The average Bonchev–Trinajstić information content (AvgIpc) is 3.00. The Kier molecular flexibility index (Phi) is 11.9. The molecule has 2 aliphatic heterocycles. The van der Waals surface area contributed by atoms with Crippen LogP contribution in [-0.4, -0.2) is 74.2 Å². The molecule has 6 heteroatoms. The summed E-state index contributed by atoms with van der Waals surface area (Å²) in [7, 11) is 0. The van der Waals surface area contributed by atoms with E-state index >= 15 is 0 Å². The minimum absolute atomic E-state index is 0.0375. The van der Waals surface area contributed by atoms with Crippen LogP contribution in [0.25, 0.3) is 0 Å². The van der Waals surface area contributed by atoms with Crippen molar-refractivity contribution in [2.75, 3.05) is 32.8 Å². The molecule has 6 nitrogen and oxygen atoms in total. The summed E-state index contributed by atoms with van der Waals surface area (Å²) in [4.78, 5) is 15.3. The van der Waals surface area contributed by atoms with Gasteiger partial charge in [-0.3, -0.25) is 4.79 Å². The van der Waals surface area contributed by atoms with Gasteiger partial charge in [0.1, 0.15) is 6.10 Å². The van der Waals surface area contributed by atoms with Crippen molar-refractivity contribution < 1.29 is 23.7 Å². The summed E-state index contributed by atoms with van der Waals surface area (Å²) in [6.07, 6.45) is 19.0. The van der Waals surface area contributed by atoms with Crippen molar-refractivity contribution in [1.82, 2.24) is 4.90 Å². The summed E-state index contributed by atoms with van der Waals surface area (Å²) in [6, 6.07) is 0. The maximum Gasteiger partial charge on any atom is 0.311 e. The lowest BCUT2D eigenvalue weighted by Crippen LogP contribution is -2.48. The van der Waals surface area contributed by atoms with Crippen LogP contribution in [0.1, 0.15) is 118 Å². The number of hydrogen-bond acceptors (Lipinski definition) is 6. The van der Waals surface area contributed by atoms with Gasteiger partial charge in [0.05, 0.1) is 43.0 Å². The van der Waals surface area contributed by atoms with E-state index in [9.17, 15) is 4.79 Å². The molecule has 1 saturated heterocycles. The Morgan fingerprint density at radius 1 is 0.907 bits per heavy atom. The minimum Gasteiger partial charge on any atom is -0.462 e. The van der Waals surface area contributed by atoms with Gasteiger partial charge in [0, 0.05) is 18.9 Å². The van der Waals surface area contributed by atoms with Crippen LogP contribution in [0, 0.1) is 23.2 Å². The smallest absolute Gasteiger partial charge is 0.311 e. The maximum atomic E-state index is 12.7. The summed E-state index contributed by atoms with van der Waals surface area (Å²) in [5.41, 5.74) is 2.75. The van der Waals surface area contributed by atoms with Crippen LogP contribution in [0.15, 0.2) is 23.8 Å². The molecule has 5 rings (SSSR count). The predicted molar refractivity (Wildman–Crippen MR) is 172 cm³/mol. The first-order valence-corrected chi connectivity index (χ1v) is 17.9. The molecule has 4 fully saturated rings. The second-order valence-electron chi connectivity index (χ2n) is 15.3. The predicted octanol–water partition coefficient (Wildman–Crippen LogP) is 7.65. The zero-order valence-electron chi connectivity index (χ0n) is 27.8. The topological polar surface area (TPSA) is 57.2 Å². The van der Waals surface area contributed by atoms with E-state index in [1.54, 1.807) is 11.1 Å². The number of rotatable bonds is 10. The van der Waals surface area contributed by atoms with Gasteiger partial charge in [-0.05, 0) is 135 Å². The SMILES string of the molecule is C=CCOC1CCC(C2=C(C)C3CCC(OC(=O)C(C)(C)C)CC3OC2C2CCC(OCCN3CCCCC3)CC2)CC1. The molecule has 244 valence electrons. The van der Waals surface area contributed by atoms with Gasteiger partial charge in [-0.1, -0.05) is 18.1 Å². The first-order chi connectivity index (χ1) is 20.7. The maximum absolute atomic E-state index is 12.7. The molecule has 5 aliphatic rings. The van der Waals surface area contributed by atoms with E-state index in [0.717, 1.165) is 58.1 Å². The van der Waals surface area contributed by atoms with Crippen molar-refractivity contribution in [3.05, 3.63) is 23.8 Å². The second-order valence-corrected chi connectivity index (χ2v) is 15.3. The molecule has 0 aromatic rings. The molecule has 3 saturated carbocycles. The molecule has 43 heavy (non-hydrogen) atoms. The number of carbonyl (C=O) groups is 1. The largest absolute Gasteiger partial charge is 0.462 e. The van der Waals surface area contributed by atoms with E-state index in [4.69, 9.17) is 18.9 Å². The summed E-state index contributed by atoms with van der Waals surface area (Å²) in [5, 5.41) is 0. The van der Waals surface area contributed by atoms with E-state index in [2.05, 4.69) is 18.4 Å². The number of fused-ring (bicyclic) bond motifs is 1. The zero-order chi connectivity index (χ0) is 30.4. The first-order valence-electron chi connectivity index (χ1n) is 17.9. The fourth-order valence-electron chi connectivity index (χ4n) is 8.63. The molecule has 0 amide bonds. The summed E-state index contributed by atoms with van der Waals surface area (Å²) in [6.45, 7) is 17.2. The van der Waals surface area contributed by atoms with Gasteiger partial charge in [-0.15, -0.1) is 6.58 Å². The molecular formula is C37H61NO5. The highest BCUT2D eigenvalue weighted by molar-refractivity contribution is 5.75. The fourth-order valence-corrected chi connectivity index (χ4v) is 8.63. The van der Waals surface area contributed by atoms with E-state index in [1.807, 2.05) is 26.8 Å². The number of likely N-dealkylation sites (tertiary alicyclic amines) is 1.